The Morgan fingerprint density at radius 1 is 1.42 bits per heavy atom. The largest absolute Gasteiger partial charge is 0.493 e. The Morgan fingerprint density at radius 3 is 2.42 bits per heavy atom. The SMILES string of the molecule is OB(O)c1c(F)ccc(Br)c1Cl. The van der Waals surface area contributed by atoms with Crippen LogP contribution in [0, 0.1) is 5.82 Å². The van der Waals surface area contributed by atoms with Crippen LogP contribution in [0.15, 0.2) is 16.6 Å². The van der Waals surface area contributed by atoms with E-state index in [4.69, 9.17) is 21.6 Å². The first kappa shape index (κ1) is 9.99. The molecule has 0 atom stereocenters. The zero-order valence-corrected chi connectivity index (χ0v) is 8.10. The lowest BCUT2D eigenvalue weighted by atomic mass is 9.80. The van der Waals surface area contributed by atoms with Crippen molar-refractivity contribution in [3.05, 3.63) is 27.4 Å². The summed E-state index contributed by atoms with van der Waals surface area (Å²) in [4.78, 5) is 0. The lowest BCUT2D eigenvalue weighted by molar-refractivity contribution is 0.423. The predicted octanol–water partition coefficient (Wildman–Crippen LogP) is 0.921. The molecule has 1 aromatic carbocycles. The lowest BCUT2D eigenvalue weighted by Crippen LogP contribution is -2.33. The third-order valence-electron chi connectivity index (χ3n) is 1.34. The van der Waals surface area contributed by atoms with Gasteiger partial charge in [-0.15, -0.1) is 0 Å². The van der Waals surface area contributed by atoms with Crippen molar-refractivity contribution < 1.29 is 14.4 Å². The van der Waals surface area contributed by atoms with E-state index in [2.05, 4.69) is 15.9 Å². The fraction of sp³-hybridized carbons (Fsp3) is 0. The Hall–Kier alpha value is -0.0951. The summed E-state index contributed by atoms with van der Waals surface area (Å²) in [5.41, 5.74) is -0.314. The van der Waals surface area contributed by atoms with Crippen LogP contribution in [0.4, 0.5) is 4.39 Å². The summed E-state index contributed by atoms with van der Waals surface area (Å²) in [5.74, 6) is -0.738. The monoisotopic (exact) mass is 252 g/mol. The van der Waals surface area contributed by atoms with Crippen LogP contribution >= 0.6 is 27.5 Å². The Balaban J connectivity index is 3.33. The fourth-order valence-electron chi connectivity index (χ4n) is 0.779. The molecule has 0 bridgehead atoms. The van der Waals surface area contributed by atoms with E-state index in [0.717, 1.165) is 6.07 Å². The highest BCUT2D eigenvalue weighted by Gasteiger charge is 2.21. The summed E-state index contributed by atoms with van der Waals surface area (Å²) in [5, 5.41) is 17.4. The zero-order valence-electron chi connectivity index (χ0n) is 5.76. The van der Waals surface area contributed by atoms with Crippen LogP contribution in [0.3, 0.4) is 0 Å². The van der Waals surface area contributed by atoms with E-state index in [9.17, 15) is 4.39 Å². The van der Waals surface area contributed by atoms with Gasteiger partial charge in [0, 0.05) is 9.94 Å². The molecule has 0 heterocycles. The quantitative estimate of drug-likeness (QED) is 0.577. The average Bonchev–Trinajstić information content (AvgIpc) is 1.97. The third-order valence-corrected chi connectivity index (χ3v) is 2.63. The van der Waals surface area contributed by atoms with Crippen molar-refractivity contribution in [3.63, 3.8) is 0 Å². The Bertz CT molecular complexity index is 308. The van der Waals surface area contributed by atoms with Gasteiger partial charge in [0.25, 0.3) is 0 Å². The molecular formula is C6H4BBrClFO2. The minimum Gasteiger partial charge on any atom is -0.423 e. The van der Waals surface area contributed by atoms with Crippen LogP contribution in [0.25, 0.3) is 0 Å². The van der Waals surface area contributed by atoms with Gasteiger partial charge >= 0.3 is 7.12 Å². The van der Waals surface area contributed by atoms with Crippen molar-refractivity contribution in [1.82, 2.24) is 0 Å². The summed E-state index contributed by atoms with van der Waals surface area (Å²) in [6.45, 7) is 0. The molecule has 6 heteroatoms. The number of benzene rings is 1. The summed E-state index contributed by atoms with van der Waals surface area (Å²) in [7, 11) is -1.89. The van der Waals surface area contributed by atoms with Crippen molar-refractivity contribution in [1.29, 1.82) is 0 Å². The van der Waals surface area contributed by atoms with Crippen molar-refractivity contribution in [3.8, 4) is 0 Å². The minimum absolute atomic E-state index is 0.0231. The average molecular weight is 253 g/mol. The maximum absolute atomic E-state index is 12.9. The summed E-state index contributed by atoms with van der Waals surface area (Å²) in [6.07, 6.45) is 0. The van der Waals surface area contributed by atoms with E-state index in [1.807, 2.05) is 0 Å². The molecule has 0 fully saturated rings. The molecule has 2 nitrogen and oxygen atoms in total. The normalized spacial score (nSPS) is 10.1. The van der Waals surface area contributed by atoms with Gasteiger partial charge in [0.2, 0.25) is 0 Å². The summed E-state index contributed by atoms with van der Waals surface area (Å²) in [6, 6.07) is 2.49. The van der Waals surface area contributed by atoms with Crippen LogP contribution in [-0.4, -0.2) is 17.2 Å². The van der Waals surface area contributed by atoms with Gasteiger partial charge < -0.3 is 10.0 Å². The third kappa shape index (κ3) is 1.80. The minimum atomic E-state index is -1.89. The lowest BCUT2D eigenvalue weighted by Gasteiger charge is -2.05. The van der Waals surface area contributed by atoms with Crippen molar-refractivity contribution in [2.24, 2.45) is 0 Å². The van der Waals surface area contributed by atoms with Crippen molar-refractivity contribution >= 4 is 40.1 Å². The van der Waals surface area contributed by atoms with E-state index >= 15 is 0 Å². The standard InChI is InChI=1S/C6H4BBrClFO2/c8-3-1-2-4(10)5(6(3)9)7(11)12/h1-2,11-12H. The zero-order chi connectivity index (χ0) is 9.30. The number of halogens is 3. The van der Waals surface area contributed by atoms with Crippen molar-refractivity contribution in [2.75, 3.05) is 0 Å². The molecule has 64 valence electrons. The maximum Gasteiger partial charge on any atom is 0.493 e. The second-order valence-electron chi connectivity index (χ2n) is 2.13. The number of hydrogen-bond donors (Lipinski definition) is 2. The molecule has 1 rings (SSSR count). The van der Waals surface area contributed by atoms with E-state index in [1.54, 1.807) is 0 Å². The molecule has 0 aromatic heterocycles. The number of hydrogen-bond acceptors (Lipinski definition) is 2. The first-order chi connectivity index (χ1) is 5.54. The van der Waals surface area contributed by atoms with Gasteiger partial charge in [0.15, 0.2) is 0 Å². The summed E-state index contributed by atoms with van der Waals surface area (Å²) >= 11 is 8.61. The van der Waals surface area contributed by atoms with Crippen LogP contribution in [0.1, 0.15) is 0 Å². The number of rotatable bonds is 1. The Morgan fingerprint density at radius 2 is 2.00 bits per heavy atom. The van der Waals surface area contributed by atoms with Gasteiger partial charge in [0.1, 0.15) is 5.82 Å². The highest BCUT2D eigenvalue weighted by Crippen LogP contribution is 2.21. The van der Waals surface area contributed by atoms with Gasteiger partial charge in [-0.2, -0.15) is 0 Å². The van der Waals surface area contributed by atoms with Gasteiger partial charge in [0.05, 0.1) is 5.02 Å². The second-order valence-corrected chi connectivity index (χ2v) is 3.36. The molecule has 0 saturated carbocycles. The Kier molecular flexibility index (Phi) is 3.12. The molecule has 0 radical (unpaired) electrons. The molecule has 2 N–H and O–H groups in total. The topological polar surface area (TPSA) is 40.5 Å². The van der Waals surface area contributed by atoms with Crippen molar-refractivity contribution in [2.45, 2.75) is 0 Å². The molecule has 12 heavy (non-hydrogen) atoms. The summed E-state index contributed by atoms with van der Waals surface area (Å²) < 4.78 is 13.3. The van der Waals surface area contributed by atoms with Crippen LogP contribution < -0.4 is 5.46 Å². The van der Waals surface area contributed by atoms with E-state index < -0.39 is 12.9 Å². The van der Waals surface area contributed by atoms with E-state index in [1.165, 1.54) is 6.07 Å². The molecule has 0 spiro atoms. The fourth-order valence-corrected chi connectivity index (χ4v) is 1.38. The van der Waals surface area contributed by atoms with Gasteiger partial charge in [-0.3, -0.25) is 0 Å². The highest BCUT2D eigenvalue weighted by atomic mass is 79.9. The molecule has 0 aliphatic carbocycles. The van der Waals surface area contributed by atoms with Gasteiger partial charge in [-0.25, -0.2) is 4.39 Å². The van der Waals surface area contributed by atoms with Crippen LogP contribution in [-0.2, 0) is 0 Å². The molecular weight excluding hydrogens is 249 g/mol. The van der Waals surface area contributed by atoms with Crippen LogP contribution in [0.5, 0.6) is 0 Å². The Labute approximate surface area is 82.2 Å². The van der Waals surface area contributed by atoms with E-state index in [-0.39, 0.29) is 10.5 Å². The molecule has 0 unspecified atom stereocenters. The highest BCUT2D eigenvalue weighted by molar-refractivity contribution is 9.10. The van der Waals surface area contributed by atoms with Gasteiger partial charge in [-0.1, -0.05) is 11.6 Å². The maximum atomic E-state index is 12.9. The first-order valence-electron chi connectivity index (χ1n) is 3.03. The first-order valence-corrected chi connectivity index (χ1v) is 4.20. The molecule has 0 amide bonds. The van der Waals surface area contributed by atoms with Gasteiger partial charge in [-0.05, 0) is 28.1 Å². The predicted molar refractivity (Wildman–Crippen MR) is 48.9 cm³/mol. The van der Waals surface area contributed by atoms with E-state index in [0.29, 0.717) is 4.47 Å². The molecule has 0 aliphatic rings. The molecule has 1 aromatic rings. The smallest absolute Gasteiger partial charge is 0.423 e. The molecule has 0 aliphatic heterocycles. The van der Waals surface area contributed by atoms with Crippen LogP contribution in [0.2, 0.25) is 5.02 Å². The second kappa shape index (κ2) is 3.74. The molecule has 0 saturated heterocycles.